The summed E-state index contributed by atoms with van der Waals surface area (Å²) in [5.41, 5.74) is 0. The van der Waals surface area contributed by atoms with Gasteiger partial charge in [0.15, 0.2) is 5.76 Å². The molecule has 2 aliphatic rings. The molecule has 2 heterocycles. The molecule has 0 atom stereocenters. The fourth-order valence-electron chi connectivity index (χ4n) is 3.54. The molecule has 0 radical (unpaired) electrons. The molecule has 7 nitrogen and oxygen atoms in total. The predicted octanol–water partition coefficient (Wildman–Crippen LogP) is 1.26. The second kappa shape index (κ2) is 8.18. The minimum Gasteiger partial charge on any atom is -0.459 e. The summed E-state index contributed by atoms with van der Waals surface area (Å²) in [6.45, 7) is 2.64. The van der Waals surface area contributed by atoms with Gasteiger partial charge in [-0.15, -0.1) is 0 Å². The third-order valence-corrected chi connectivity index (χ3v) is 5.02. The van der Waals surface area contributed by atoms with Gasteiger partial charge in [0.1, 0.15) is 0 Å². The van der Waals surface area contributed by atoms with E-state index >= 15 is 0 Å². The molecule has 3 rings (SSSR count). The Morgan fingerprint density at radius 3 is 2.40 bits per heavy atom. The first-order valence-corrected chi connectivity index (χ1v) is 9.03. The maximum absolute atomic E-state index is 12.4. The summed E-state index contributed by atoms with van der Waals surface area (Å²) in [6, 6.07) is 3.23. The van der Waals surface area contributed by atoms with E-state index in [2.05, 4.69) is 5.32 Å². The first-order chi connectivity index (χ1) is 12.1. The lowest BCUT2D eigenvalue weighted by molar-refractivity contribution is -0.142. The monoisotopic (exact) mass is 347 g/mol. The number of rotatable bonds is 5. The number of furan rings is 1. The summed E-state index contributed by atoms with van der Waals surface area (Å²) in [6.07, 6.45) is 6.01. The highest BCUT2D eigenvalue weighted by Crippen LogP contribution is 2.26. The van der Waals surface area contributed by atoms with Crippen LogP contribution in [0.25, 0.3) is 0 Å². The molecule has 1 N–H and O–H groups in total. The quantitative estimate of drug-likeness (QED) is 0.869. The Hall–Kier alpha value is -2.31. The average Bonchev–Trinajstić information content (AvgIpc) is 3.34. The first-order valence-electron chi connectivity index (χ1n) is 9.03. The second-order valence-corrected chi connectivity index (χ2v) is 6.67. The van der Waals surface area contributed by atoms with E-state index in [0.29, 0.717) is 26.2 Å². The number of hydrogen-bond donors (Lipinski definition) is 1. The maximum atomic E-state index is 12.4. The van der Waals surface area contributed by atoms with Crippen molar-refractivity contribution in [3.05, 3.63) is 24.2 Å². The van der Waals surface area contributed by atoms with E-state index in [1.807, 2.05) is 4.90 Å². The van der Waals surface area contributed by atoms with Crippen LogP contribution in [0.3, 0.4) is 0 Å². The van der Waals surface area contributed by atoms with E-state index in [1.165, 1.54) is 6.26 Å². The molecule has 2 fully saturated rings. The first kappa shape index (κ1) is 17.5. The number of piperazine rings is 1. The maximum Gasteiger partial charge on any atom is 0.286 e. The van der Waals surface area contributed by atoms with E-state index in [-0.39, 0.29) is 42.4 Å². The van der Waals surface area contributed by atoms with Gasteiger partial charge >= 0.3 is 0 Å². The second-order valence-electron chi connectivity index (χ2n) is 6.67. The van der Waals surface area contributed by atoms with E-state index < -0.39 is 0 Å². The third kappa shape index (κ3) is 4.41. The highest BCUT2D eigenvalue weighted by Gasteiger charge is 2.30. The zero-order valence-corrected chi connectivity index (χ0v) is 14.4. The molecule has 1 aromatic rings. The smallest absolute Gasteiger partial charge is 0.286 e. The lowest BCUT2D eigenvalue weighted by atomic mass is 10.1. The van der Waals surface area contributed by atoms with Crippen LogP contribution >= 0.6 is 0 Å². The zero-order valence-electron chi connectivity index (χ0n) is 14.4. The van der Waals surface area contributed by atoms with Crippen molar-refractivity contribution in [3.8, 4) is 0 Å². The minimum absolute atomic E-state index is 0.00714. The summed E-state index contributed by atoms with van der Waals surface area (Å²) in [5.74, 6) is 0.387. The van der Waals surface area contributed by atoms with Crippen molar-refractivity contribution < 1.29 is 18.8 Å². The van der Waals surface area contributed by atoms with Crippen molar-refractivity contribution in [1.82, 2.24) is 15.1 Å². The summed E-state index contributed by atoms with van der Waals surface area (Å²) >= 11 is 0. The lowest BCUT2D eigenvalue weighted by Crippen LogP contribution is -2.52. The fourth-order valence-corrected chi connectivity index (χ4v) is 3.54. The molecule has 0 bridgehead atoms. The van der Waals surface area contributed by atoms with Crippen molar-refractivity contribution in [1.29, 1.82) is 0 Å². The predicted molar refractivity (Wildman–Crippen MR) is 90.8 cm³/mol. The number of carbonyl (C=O) groups is 3. The van der Waals surface area contributed by atoms with Crippen LogP contribution in [0.15, 0.2) is 22.8 Å². The molecule has 3 amide bonds. The van der Waals surface area contributed by atoms with E-state index in [9.17, 15) is 14.4 Å². The summed E-state index contributed by atoms with van der Waals surface area (Å²) in [5, 5.41) is 2.67. The van der Waals surface area contributed by atoms with Gasteiger partial charge in [-0.2, -0.15) is 0 Å². The number of amides is 3. The SMILES string of the molecule is O=C(NCCC(=O)N1CCN(C(=O)C2CCCC2)CC1)c1ccco1. The molecule has 136 valence electrons. The van der Waals surface area contributed by atoms with Crippen LogP contribution < -0.4 is 5.32 Å². The van der Waals surface area contributed by atoms with Crippen molar-refractivity contribution >= 4 is 17.7 Å². The largest absolute Gasteiger partial charge is 0.459 e. The highest BCUT2D eigenvalue weighted by atomic mass is 16.3. The van der Waals surface area contributed by atoms with Gasteiger partial charge in [-0.05, 0) is 25.0 Å². The lowest BCUT2D eigenvalue weighted by Gasteiger charge is -2.36. The topological polar surface area (TPSA) is 82.9 Å². The molecule has 1 saturated carbocycles. The molecule has 1 aliphatic heterocycles. The number of carbonyl (C=O) groups excluding carboxylic acids is 3. The molecule has 25 heavy (non-hydrogen) atoms. The van der Waals surface area contributed by atoms with Gasteiger partial charge in [0.05, 0.1) is 6.26 Å². The number of nitrogens with zero attached hydrogens (tertiary/aromatic N) is 2. The molecule has 0 spiro atoms. The average molecular weight is 347 g/mol. The van der Waals surface area contributed by atoms with Gasteiger partial charge in [0.2, 0.25) is 11.8 Å². The van der Waals surface area contributed by atoms with Gasteiger partial charge in [0.25, 0.3) is 5.91 Å². The molecule has 7 heteroatoms. The van der Waals surface area contributed by atoms with Gasteiger partial charge in [-0.3, -0.25) is 14.4 Å². The van der Waals surface area contributed by atoms with E-state index in [1.54, 1.807) is 17.0 Å². The number of nitrogens with one attached hydrogen (secondary N) is 1. The molecule has 1 saturated heterocycles. The van der Waals surface area contributed by atoms with Gasteiger partial charge in [-0.25, -0.2) is 0 Å². The number of hydrogen-bond acceptors (Lipinski definition) is 4. The Morgan fingerprint density at radius 2 is 1.76 bits per heavy atom. The van der Waals surface area contributed by atoms with Crippen molar-refractivity contribution in [2.24, 2.45) is 5.92 Å². The van der Waals surface area contributed by atoms with Crippen molar-refractivity contribution in [3.63, 3.8) is 0 Å². The van der Waals surface area contributed by atoms with Crippen LogP contribution in [-0.4, -0.2) is 60.2 Å². The molecule has 1 aromatic heterocycles. The Morgan fingerprint density at radius 1 is 1.08 bits per heavy atom. The Bertz CT molecular complexity index is 600. The Labute approximate surface area is 147 Å². The van der Waals surface area contributed by atoms with Crippen molar-refractivity contribution in [2.75, 3.05) is 32.7 Å². The standard InChI is InChI=1S/C18H25N3O4/c22-16(7-8-19-17(23)15-6-3-13-25-15)20-9-11-21(12-10-20)18(24)14-4-1-2-5-14/h3,6,13-14H,1-2,4-5,7-12H2,(H,19,23). The third-order valence-electron chi connectivity index (χ3n) is 5.02. The Balaban J connectivity index is 1.36. The van der Waals surface area contributed by atoms with Crippen LogP contribution in [0.2, 0.25) is 0 Å². The summed E-state index contributed by atoms with van der Waals surface area (Å²) in [4.78, 5) is 40.1. The van der Waals surface area contributed by atoms with Crippen LogP contribution in [-0.2, 0) is 9.59 Å². The Kier molecular flexibility index (Phi) is 5.73. The summed E-state index contributed by atoms with van der Waals surface area (Å²) < 4.78 is 5.00. The molecule has 0 aromatic carbocycles. The van der Waals surface area contributed by atoms with E-state index in [0.717, 1.165) is 25.7 Å². The molecular formula is C18H25N3O4. The van der Waals surface area contributed by atoms with Gasteiger partial charge in [0, 0.05) is 45.1 Å². The van der Waals surface area contributed by atoms with Crippen LogP contribution in [0.1, 0.15) is 42.7 Å². The summed E-state index contributed by atoms with van der Waals surface area (Å²) in [7, 11) is 0. The van der Waals surface area contributed by atoms with Crippen LogP contribution in [0, 0.1) is 5.92 Å². The molecule has 0 unspecified atom stereocenters. The normalized spacial score (nSPS) is 18.4. The molecule has 1 aliphatic carbocycles. The van der Waals surface area contributed by atoms with Crippen molar-refractivity contribution in [2.45, 2.75) is 32.1 Å². The molecular weight excluding hydrogens is 322 g/mol. The minimum atomic E-state index is -0.315. The van der Waals surface area contributed by atoms with Gasteiger partial charge < -0.3 is 19.5 Å². The van der Waals surface area contributed by atoms with E-state index in [4.69, 9.17) is 4.42 Å². The van der Waals surface area contributed by atoms with Gasteiger partial charge in [-0.1, -0.05) is 12.8 Å². The zero-order chi connectivity index (χ0) is 17.6. The fraction of sp³-hybridized carbons (Fsp3) is 0.611. The van der Waals surface area contributed by atoms with Crippen LogP contribution in [0.5, 0.6) is 0 Å². The van der Waals surface area contributed by atoms with Crippen LogP contribution in [0.4, 0.5) is 0 Å². The highest BCUT2D eigenvalue weighted by molar-refractivity contribution is 5.91.